The summed E-state index contributed by atoms with van der Waals surface area (Å²) in [5, 5.41) is 9.94. The summed E-state index contributed by atoms with van der Waals surface area (Å²) in [6.45, 7) is 0.343. The minimum atomic E-state index is -0.484. The highest BCUT2D eigenvalue weighted by Gasteiger charge is 2.21. The fourth-order valence-electron chi connectivity index (χ4n) is 1.17. The van der Waals surface area contributed by atoms with Gasteiger partial charge in [0.05, 0.1) is 0 Å². The lowest BCUT2D eigenvalue weighted by molar-refractivity contribution is 0.140. The molecule has 0 fully saturated rings. The molecular weight excluding hydrogens is 164 g/mol. The van der Waals surface area contributed by atoms with Crippen molar-refractivity contribution in [3.8, 4) is 5.75 Å². The first kappa shape index (κ1) is 6.95. The maximum atomic E-state index is 9.30. The standard InChI is InChI=1S/C8H7ClO2/c9-5-1-2-6-7(10)4-11-8(6)3-5/h1-3,7,10H,4H2. The van der Waals surface area contributed by atoms with Gasteiger partial charge in [-0.05, 0) is 12.1 Å². The molecule has 0 saturated carbocycles. The Morgan fingerprint density at radius 1 is 1.55 bits per heavy atom. The second kappa shape index (κ2) is 2.40. The zero-order chi connectivity index (χ0) is 7.84. The molecule has 1 N–H and O–H groups in total. The van der Waals surface area contributed by atoms with Gasteiger partial charge in [-0.25, -0.2) is 0 Å². The maximum Gasteiger partial charge on any atom is 0.126 e. The fraction of sp³-hybridized carbons (Fsp3) is 0.250. The van der Waals surface area contributed by atoms with Crippen LogP contribution in [0.1, 0.15) is 11.7 Å². The van der Waals surface area contributed by atoms with Gasteiger partial charge in [0.2, 0.25) is 0 Å². The number of aliphatic hydroxyl groups is 1. The van der Waals surface area contributed by atoms with Gasteiger partial charge in [-0.3, -0.25) is 0 Å². The Morgan fingerprint density at radius 3 is 3.18 bits per heavy atom. The molecule has 1 aliphatic heterocycles. The smallest absolute Gasteiger partial charge is 0.126 e. The van der Waals surface area contributed by atoms with Crippen molar-refractivity contribution < 1.29 is 9.84 Å². The van der Waals surface area contributed by atoms with Gasteiger partial charge in [-0.2, -0.15) is 0 Å². The second-order valence-electron chi connectivity index (χ2n) is 2.51. The van der Waals surface area contributed by atoms with Crippen LogP contribution in [-0.2, 0) is 0 Å². The van der Waals surface area contributed by atoms with Gasteiger partial charge in [0.15, 0.2) is 0 Å². The molecule has 1 unspecified atom stereocenters. The quantitative estimate of drug-likeness (QED) is 0.643. The largest absolute Gasteiger partial charge is 0.490 e. The number of hydrogen-bond donors (Lipinski definition) is 1. The van der Waals surface area contributed by atoms with Crippen LogP contribution >= 0.6 is 11.6 Å². The molecule has 1 aromatic rings. The molecule has 0 amide bonds. The van der Waals surface area contributed by atoms with Crippen LogP contribution in [0.4, 0.5) is 0 Å². The topological polar surface area (TPSA) is 29.5 Å². The van der Waals surface area contributed by atoms with Gasteiger partial charge in [-0.1, -0.05) is 17.7 Å². The number of hydrogen-bond acceptors (Lipinski definition) is 2. The molecule has 1 aromatic carbocycles. The molecule has 0 spiro atoms. The summed E-state index contributed by atoms with van der Waals surface area (Å²) in [7, 11) is 0. The highest BCUT2D eigenvalue weighted by atomic mass is 35.5. The molecule has 2 nitrogen and oxygen atoms in total. The zero-order valence-electron chi connectivity index (χ0n) is 5.75. The summed E-state index contributed by atoms with van der Waals surface area (Å²) in [6.07, 6.45) is -0.484. The number of halogens is 1. The molecule has 3 heteroatoms. The van der Waals surface area contributed by atoms with Gasteiger partial charge in [0.1, 0.15) is 18.5 Å². The van der Waals surface area contributed by atoms with Crippen molar-refractivity contribution in [3.63, 3.8) is 0 Å². The van der Waals surface area contributed by atoms with Crippen LogP contribution in [0.3, 0.4) is 0 Å². The third kappa shape index (κ3) is 1.08. The van der Waals surface area contributed by atoms with Gasteiger partial charge in [0.25, 0.3) is 0 Å². The van der Waals surface area contributed by atoms with E-state index in [2.05, 4.69) is 0 Å². The van der Waals surface area contributed by atoms with Crippen molar-refractivity contribution in [2.75, 3.05) is 6.61 Å². The Balaban J connectivity index is 2.50. The molecule has 0 aromatic heterocycles. The summed E-state index contributed by atoms with van der Waals surface area (Å²) in [5.41, 5.74) is 0.828. The highest BCUT2D eigenvalue weighted by Crippen LogP contribution is 2.33. The first-order valence-electron chi connectivity index (χ1n) is 3.37. The first-order chi connectivity index (χ1) is 5.27. The van der Waals surface area contributed by atoms with E-state index in [4.69, 9.17) is 16.3 Å². The fourth-order valence-corrected chi connectivity index (χ4v) is 1.33. The lowest BCUT2D eigenvalue weighted by atomic mass is 10.1. The number of aliphatic hydroxyl groups excluding tert-OH is 1. The van der Waals surface area contributed by atoms with E-state index in [1.165, 1.54) is 0 Å². The minimum Gasteiger partial charge on any atom is -0.490 e. The van der Waals surface area contributed by atoms with E-state index in [0.29, 0.717) is 17.4 Å². The molecule has 1 aliphatic rings. The van der Waals surface area contributed by atoms with Gasteiger partial charge in [0, 0.05) is 10.6 Å². The normalized spacial score (nSPS) is 21.1. The van der Waals surface area contributed by atoms with Crippen LogP contribution < -0.4 is 4.74 Å². The van der Waals surface area contributed by atoms with Crippen molar-refractivity contribution >= 4 is 11.6 Å². The Morgan fingerprint density at radius 2 is 2.36 bits per heavy atom. The third-order valence-electron chi connectivity index (χ3n) is 1.73. The van der Waals surface area contributed by atoms with Gasteiger partial charge >= 0.3 is 0 Å². The number of fused-ring (bicyclic) bond motifs is 1. The van der Waals surface area contributed by atoms with Crippen LogP contribution in [0.15, 0.2) is 18.2 Å². The minimum absolute atomic E-state index is 0.343. The average molecular weight is 171 g/mol. The molecule has 1 heterocycles. The summed E-state index contributed by atoms with van der Waals surface area (Å²) in [4.78, 5) is 0. The molecular formula is C8H7ClO2. The average Bonchev–Trinajstić information content (AvgIpc) is 2.32. The van der Waals surface area contributed by atoms with Crippen LogP contribution in [-0.4, -0.2) is 11.7 Å². The molecule has 11 heavy (non-hydrogen) atoms. The first-order valence-corrected chi connectivity index (χ1v) is 3.75. The molecule has 58 valence electrons. The second-order valence-corrected chi connectivity index (χ2v) is 2.95. The zero-order valence-corrected chi connectivity index (χ0v) is 6.51. The molecule has 1 atom stereocenters. The van der Waals surface area contributed by atoms with Crippen molar-refractivity contribution in [1.82, 2.24) is 0 Å². The predicted octanol–water partition coefficient (Wildman–Crippen LogP) is 1.77. The molecule has 2 rings (SSSR count). The van der Waals surface area contributed by atoms with E-state index < -0.39 is 6.10 Å². The van der Waals surface area contributed by atoms with Crippen LogP contribution in [0.5, 0.6) is 5.75 Å². The summed E-state index contributed by atoms with van der Waals surface area (Å²) < 4.78 is 5.16. The predicted molar refractivity (Wildman–Crippen MR) is 41.9 cm³/mol. The van der Waals surface area contributed by atoms with Crippen molar-refractivity contribution in [1.29, 1.82) is 0 Å². The summed E-state index contributed by atoms with van der Waals surface area (Å²) in [6, 6.07) is 5.25. The van der Waals surface area contributed by atoms with Crippen LogP contribution in [0, 0.1) is 0 Å². The van der Waals surface area contributed by atoms with E-state index in [0.717, 1.165) is 5.56 Å². The highest BCUT2D eigenvalue weighted by molar-refractivity contribution is 6.30. The molecule has 0 radical (unpaired) electrons. The number of ether oxygens (including phenoxy) is 1. The van der Waals surface area contributed by atoms with Crippen molar-refractivity contribution in [2.45, 2.75) is 6.10 Å². The Kier molecular flexibility index (Phi) is 1.51. The Labute approximate surface area is 69.4 Å². The third-order valence-corrected chi connectivity index (χ3v) is 1.97. The maximum absolute atomic E-state index is 9.30. The van der Waals surface area contributed by atoms with Crippen LogP contribution in [0.2, 0.25) is 5.02 Å². The Hall–Kier alpha value is -0.730. The van der Waals surface area contributed by atoms with Crippen molar-refractivity contribution in [2.24, 2.45) is 0 Å². The van der Waals surface area contributed by atoms with Crippen molar-refractivity contribution in [3.05, 3.63) is 28.8 Å². The van der Waals surface area contributed by atoms with E-state index in [-0.39, 0.29) is 0 Å². The summed E-state index contributed by atoms with van der Waals surface area (Å²) >= 11 is 5.71. The van der Waals surface area contributed by atoms with E-state index in [1.807, 2.05) is 0 Å². The van der Waals surface area contributed by atoms with E-state index in [9.17, 15) is 5.11 Å². The lowest BCUT2D eigenvalue weighted by Crippen LogP contribution is -1.97. The number of rotatable bonds is 0. The van der Waals surface area contributed by atoms with E-state index in [1.54, 1.807) is 18.2 Å². The lowest BCUT2D eigenvalue weighted by Gasteiger charge is -1.98. The molecule has 0 saturated heterocycles. The van der Waals surface area contributed by atoms with Gasteiger partial charge in [-0.15, -0.1) is 0 Å². The van der Waals surface area contributed by atoms with Gasteiger partial charge < -0.3 is 9.84 Å². The van der Waals surface area contributed by atoms with Crippen LogP contribution in [0.25, 0.3) is 0 Å². The number of benzene rings is 1. The Bertz CT molecular complexity index is 285. The molecule has 0 aliphatic carbocycles. The van der Waals surface area contributed by atoms with E-state index >= 15 is 0 Å². The SMILES string of the molecule is OC1COc2cc(Cl)ccc21. The molecule has 0 bridgehead atoms. The monoisotopic (exact) mass is 170 g/mol. The summed E-state index contributed by atoms with van der Waals surface area (Å²) in [5.74, 6) is 0.699.